The summed E-state index contributed by atoms with van der Waals surface area (Å²) in [6.45, 7) is 10.7. The van der Waals surface area contributed by atoms with Crippen LogP contribution in [0.15, 0.2) is 24.3 Å². The molecule has 2 aromatic heterocycles. The molecule has 0 spiro atoms. The summed E-state index contributed by atoms with van der Waals surface area (Å²) in [5, 5.41) is 4.64. The van der Waals surface area contributed by atoms with Crippen molar-refractivity contribution in [1.29, 1.82) is 0 Å². The van der Waals surface area contributed by atoms with E-state index in [-0.39, 0.29) is 5.91 Å². The Morgan fingerprint density at radius 2 is 1.79 bits per heavy atom. The molecule has 0 fully saturated rings. The second-order valence-electron chi connectivity index (χ2n) is 7.92. The molecule has 150 valence electrons. The highest BCUT2D eigenvalue weighted by atomic mass is 16.2. The number of carbonyl (C=O) groups is 1. The molecule has 4 rings (SSSR count). The van der Waals surface area contributed by atoms with E-state index in [1.165, 1.54) is 5.56 Å². The predicted octanol–water partition coefficient (Wildman–Crippen LogP) is 3.73. The highest BCUT2D eigenvalue weighted by molar-refractivity contribution is 5.97. The van der Waals surface area contributed by atoms with E-state index in [0.717, 1.165) is 59.0 Å². The Morgan fingerprint density at radius 1 is 1.07 bits per heavy atom. The fraction of sp³-hybridized carbons (Fsp3) is 0.391. The van der Waals surface area contributed by atoms with Gasteiger partial charge in [-0.2, -0.15) is 5.10 Å². The van der Waals surface area contributed by atoms with Gasteiger partial charge in [-0.25, -0.2) is 14.6 Å². The van der Waals surface area contributed by atoms with Crippen LogP contribution in [0.2, 0.25) is 0 Å². The van der Waals surface area contributed by atoms with Crippen molar-refractivity contribution < 1.29 is 4.79 Å². The van der Waals surface area contributed by atoms with Crippen LogP contribution in [0.25, 0.3) is 5.95 Å². The lowest BCUT2D eigenvalue weighted by Gasteiger charge is -2.31. The van der Waals surface area contributed by atoms with Gasteiger partial charge in [0, 0.05) is 34.9 Å². The highest BCUT2D eigenvalue weighted by Crippen LogP contribution is 2.31. The zero-order valence-electron chi connectivity index (χ0n) is 17.8. The maximum absolute atomic E-state index is 13.3. The van der Waals surface area contributed by atoms with E-state index in [2.05, 4.69) is 40.2 Å². The number of carbonyl (C=O) groups excluding carboxylic acids is 1. The number of aryl methyl sites for hydroxylation is 5. The SMILES string of the molecule is Cc1cc(C)nc(-n2nc(C)c(CC(=O)N3CCCc4cccc(C)c43)c2C)n1. The molecule has 6 heteroatoms. The van der Waals surface area contributed by atoms with Crippen molar-refractivity contribution in [3.63, 3.8) is 0 Å². The quantitative estimate of drug-likeness (QED) is 0.685. The molecule has 1 aromatic carbocycles. The van der Waals surface area contributed by atoms with Gasteiger partial charge >= 0.3 is 0 Å². The molecule has 0 aliphatic carbocycles. The van der Waals surface area contributed by atoms with E-state index in [0.29, 0.717) is 12.4 Å². The topological polar surface area (TPSA) is 63.9 Å². The van der Waals surface area contributed by atoms with Crippen LogP contribution in [-0.2, 0) is 17.6 Å². The van der Waals surface area contributed by atoms with Crippen LogP contribution in [0.3, 0.4) is 0 Å². The van der Waals surface area contributed by atoms with E-state index in [9.17, 15) is 4.79 Å². The van der Waals surface area contributed by atoms with Gasteiger partial charge in [-0.1, -0.05) is 18.2 Å². The third-order valence-corrected chi connectivity index (χ3v) is 5.65. The molecule has 1 aliphatic rings. The summed E-state index contributed by atoms with van der Waals surface area (Å²) in [6.07, 6.45) is 2.35. The number of nitrogens with zero attached hydrogens (tertiary/aromatic N) is 5. The predicted molar refractivity (Wildman–Crippen MR) is 114 cm³/mol. The Bertz CT molecular complexity index is 1080. The molecular formula is C23H27N5O. The van der Waals surface area contributed by atoms with Crippen molar-refractivity contribution in [3.8, 4) is 5.95 Å². The van der Waals surface area contributed by atoms with Gasteiger partial charge in [0.05, 0.1) is 12.1 Å². The van der Waals surface area contributed by atoms with Crippen LogP contribution in [0.4, 0.5) is 5.69 Å². The van der Waals surface area contributed by atoms with Crippen molar-refractivity contribution >= 4 is 11.6 Å². The van der Waals surface area contributed by atoms with E-state index in [1.54, 1.807) is 4.68 Å². The minimum absolute atomic E-state index is 0.118. The number of para-hydroxylation sites is 1. The van der Waals surface area contributed by atoms with Crippen LogP contribution in [0, 0.1) is 34.6 Å². The minimum Gasteiger partial charge on any atom is -0.312 e. The van der Waals surface area contributed by atoms with E-state index in [1.807, 2.05) is 38.7 Å². The van der Waals surface area contributed by atoms with Crippen molar-refractivity contribution in [2.24, 2.45) is 0 Å². The molecule has 1 amide bonds. The van der Waals surface area contributed by atoms with Gasteiger partial charge in [-0.15, -0.1) is 0 Å². The molecule has 0 radical (unpaired) electrons. The third kappa shape index (κ3) is 3.55. The lowest BCUT2D eigenvalue weighted by molar-refractivity contribution is -0.118. The Kier molecular flexibility index (Phi) is 4.94. The number of fused-ring (bicyclic) bond motifs is 1. The van der Waals surface area contributed by atoms with Gasteiger partial charge in [-0.05, 0) is 64.7 Å². The van der Waals surface area contributed by atoms with Gasteiger partial charge < -0.3 is 4.90 Å². The van der Waals surface area contributed by atoms with E-state index >= 15 is 0 Å². The first-order valence-corrected chi connectivity index (χ1v) is 10.1. The highest BCUT2D eigenvalue weighted by Gasteiger charge is 2.26. The fourth-order valence-corrected chi connectivity index (χ4v) is 4.27. The molecule has 0 atom stereocenters. The normalized spacial score (nSPS) is 13.5. The number of anilines is 1. The van der Waals surface area contributed by atoms with Gasteiger partial charge in [0.1, 0.15) is 0 Å². The molecule has 1 aliphatic heterocycles. The van der Waals surface area contributed by atoms with Crippen molar-refractivity contribution in [3.05, 3.63) is 63.7 Å². The zero-order valence-corrected chi connectivity index (χ0v) is 17.8. The number of benzene rings is 1. The molecule has 29 heavy (non-hydrogen) atoms. The zero-order chi connectivity index (χ0) is 20.7. The molecule has 3 aromatic rings. The van der Waals surface area contributed by atoms with Crippen LogP contribution < -0.4 is 4.90 Å². The van der Waals surface area contributed by atoms with E-state index < -0.39 is 0 Å². The number of hydrogen-bond acceptors (Lipinski definition) is 4. The molecule has 0 N–H and O–H groups in total. The van der Waals surface area contributed by atoms with Gasteiger partial charge in [0.2, 0.25) is 5.91 Å². The third-order valence-electron chi connectivity index (χ3n) is 5.65. The van der Waals surface area contributed by atoms with Gasteiger partial charge in [-0.3, -0.25) is 4.79 Å². The van der Waals surface area contributed by atoms with Crippen molar-refractivity contribution in [1.82, 2.24) is 19.7 Å². The average Bonchev–Trinajstić information content (AvgIpc) is 2.95. The minimum atomic E-state index is 0.118. The Labute approximate surface area is 171 Å². The molecule has 0 saturated heterocycles. The Hall–Kier alpha value is -3.02. The van der Waals surface area contributed by atoms with Crippen molar-refractivity contribution in [2.75, 3.05) is 11.4 Å². The number of aromatic nitrogens is 4. The first-order chi connectivity index (χ1) is 13.8. The van der Waals surface area contributed by atoms with E-state index in [4.69, 9.17) is 0 Å². The molecule has 0 saturated carbocycles. The first kappa shape index (κ1) is 19.3. The fourth-order valence-electron chi connectivity index (χ4n) is 4.27. The van der Waals surface area contributed by atoms with Crippen LogP contribution >= 0.6 is 0 Å². The monoisotopic (exact) mass is 389 g/mol. The summed E-state index contributed by atoms with van der Waals surface area (Å²) >= 11 is 0. The van der Waals surface area contributed by atoms with Crippen molar-refractivity contribution in [2.45, 2.75) is 53.9 Å². The summed E-state index contributed by atoms with van der Waals surface area (Å²) in [4.78, 5) is 24.3. The largest absolute Gasteiger partial charge is 0.312 e. The maximum Gasteiger partial charge on any atom is 0.251 e. The van der Waals surface area contributed by atoms with Gasteiger partial charge in [0.15, 0.2) is 0 Å². The number of amides is 1. The number of hydrogen-bond donors (Lipinski definition) is 0. The summed E-state index contributed by atoms with van der Waals surface area (Å²) in [5.74, 6) is 0.674. The maximum atomic E-state index is 13.3. The molecule has 3 heterocycles. The Morgan fingerprint density at radius 3 is 2.52 bits per heavy atom. The summed E-state index contributed by atoms with van der Waals surface area (Å²) in [7, 11) is 0. The molecular weight excluding hydrogens is 362 g/mol. The van der Waals surface area contributed by atoms with Crippen LogP contribution in [0.1, 0.15) is 45.9 Å². The molecule has 0 bridgehead atoms. The summed E-state index contributed by atoms with van der Waals surface area (Å²) in [5.41, 5.74) is 8.03. The number of rotatable bonds is 3. The Balaban J connectivity index is 1.66. The molecule has 6 nitrogen and oxygen atoms in total. The standard InChI is InChI=1S/C23H27N5O/c1-14-8-6-9-19-10-7-11-27(22(14)19)21(29)13-20-17(4)26-28(18(20)5)23-24-15(2)12-16(3)25-23/h6,8-9,12H,7,10-11,13H2,1-5H3. The average molecular weight is 390 g/mol. The smallest absolute Gasteiger partial charge is 0.251 e. The first-order valence-electron chi connectivity index (χ1n) is 10.1. The molecule has 0 unspecified atom stereocenters. The second-order valence-corrected chi connectivity index (χ2v) is 7.92. The van der Waals surface area contributed by atoms with Crippen LogP contribution in [-0.4, -0.2) is 32.2 Å². The lowest BCUT2D eigenvalue weighted by atomic mass is 9.97. The summed E-state index contributed by atoms with van der Waals surface area (Å²) in [6, 6.07) is 8.23. The lowest BCUT2D eigenvalue weighted by Crippen LogP contribution is -2.37. The van der Waals surface area contributed by atoms with Gasteiger partial charge in [0.25, 0.3) is 5.95 Å². The summed E-state index contributed by atoms with van der Waals surface area (Å²) < 4.78 is 1.76. The second kappa shape index (κ2) is 7.43. The van der Waals surface area contributed by atoms with Crippen LogP contribution in [0.5, 0.6) is 0 Å².